The van der Waals surface area contributed by atoms with Crippen LogP contribution in [0.1, 0.15) is 13.8 Å². The molecule has 5 rings (SSSR count). The molecule has 1 aromatic heterocycles. The Balaban J connectivity index is 0.000000179. The van der Waals surface area contributed by atoms with Crippen molar-refractivity contribution in [2.45, 2.75) is 13.8 Å². The van der Waals surface area contributed by atoms with Crippen LogP contribution in [-0.4, -0.2) is 9.91 Å². The molecule has 0 radical (unpaired) electrons. The van der Waals surface area contributed by atoms with Gasteiger partial charge in [0.25, 0.3) is 5.69 Å². The molecule has 0 atom stereocenters. The van der Waals surface area contributed by atoms with Gasteiger partial charge in [-0.2, -0.15) is 0 Å². The minimum atomic E-state index is -0.373. The van der Waals surface area contributed by atoms with Crippen LogP contribution < -0.4 is 0 Å². The summed E-state index contributed by atoms with van der Waals surface area (Å²) >= 11 is 13.5. The summed E-state index contributed by atoms with van der Waals surface area (Å²) in [5.74, 6) is 0. The number of benzene rings is 4. The monoisotopic (exact) mass is 708 g/mol. The largest absolute Gasteiger partial charge is 0.354 e. The Morgan fingerprint density at radius 3 is 1.59 bits per heavy atom. The zero-order valence-corrected chi connectivity index (χ0v) is 24.6. The highest BCUT2D eigenvalue weighted by molar-refractivity contribution is 9.11. The van der Waals surface area contributed by atoms with Crippen molar-refractivity contribution < 1.29 is 4.92 Å². The number of aromatic amines is 1. The van der Waals surface area contributed by atoms with Crippen molar-refractivity contribution in [3.8, 4) is 11.1 Å². The first-order chi connectivity index (χ1) is 16.3. The summed E-state index contributed by atoms with van der Waals surface area (Å²) in [6, 6.07) is 25.1. The Morgan fingerprint density at radius 2 is 1.09 bits per heavy atom. The van der Waals surface area contributed by atoms with E-state index in [2.05, 4.69) is 105 Å². The Bertz CT molecular complexity index is 1390. The topological polar surface area (TPSA) is 58.9 Å². The Hall–Kier alpha value is -2.00. The Labute approximate surface area is 231 Å². The molecule has 0 saturated heterocycles. The van der Waals surface area contributed by atoms with E-state index in [1.165, 1.54) is 16.8 Å². The zero-order chi connectivity index (χ0) is 24.8. The van der Waals surface area contributed by atoms with Crippen LogP contribution in [-0.2, 0) is 0 Å². The summed E-state index contributed by atoms with van der Waals surface area (Å²) in [5, 5.41) is 13.5. The lowest BCUT2D eigenvalue weighted by molar-refractivity contribution is -0.384. The van der Waals surface area contributed by atoms with Crippen molar-refractivity contribution in [1.29, 1.82) is 0 Å². The van der Waals surface area contributed by atoms with E-state index < -0.39 is 0 Å². The highest BCUT2D eigenvalue weighted by atomic mass is 79.9. The molecule has 174 valence electrons. The van der Waals surface area contributed by atoms with E-state index in [1.54, 1.807) is 12.1 Å². The fourth-order valence-corrected chi connectivity index (χ4v) is 4.72. The smallest absolute Gasteiger partial charge is 0.278 e. The van der Waals surface area contributed by atoms with Crippen LogP contribution in [0.3, 0.4) is 0 Å². The molecule has 0 spiro atoms. The van der Waals surface area contributed by atoms with Crippen LogP contribution in [0.4, 0.5) is 5.69 Å². The molecule has 4 nitrogen and oxygen atoms in total. The van der Waals surface area contributed by atoms with Crippen molar-refractivity contribution in [2.75, 3.05) is 0 Å². The van der Waals surface area contributed by atoms with Crippen LogP contribution in [0.25, 0.3) is 32.9 Å². The number of fused-ring (bicyclic) bond motifs is 3. The standard InChI is InChI=1S/C12H7Br2NO2.C12H7Br2N.C2H6/c13-9-3-1-8(2-4-9)11-6-5-10(14)7-12(11)15(16)17;13-7-1-3-9-10-4-2-8(14)6-12(10)15-11(9)5-7;1-2/h1-7H;1-6,15H;1-2H3. The number of nitro groups is 1. The maximum atomic E-state index is 11.0. The molecule has 0 aliphatic rings. The number of nitrogens with one attached hydrogen (secondary N) is 1. The predicted octanol–water partition coefficient (Wildman–Crippen LogP) is 10.7. The van der Waals surface area contributed by atoms with Crippen LogP contribution in [0.15, 0.2) is 96.8 Å². The van der Waals surface area contributed by atoms with Crippen LogP contribution in [0, 0.1) is 10.1 Å². The van der Waals surface area contributed by atoms with Crippen LogP contribution in [0.5, 0.6) is 0 Å². The third-order valence-electron chi connectivity index (χ3n) is 4.83. The molecule has 8 heteroatoms. The molecule has 1 heterocycles. The molecule has 0 saturated carbocycles. The first-order valence-corrected chi connectivity index (χ1v) is 13.6. The van der Waals surface area contributed by atoms with Gasteiger partial charge in [0.1, 0.15) is 0 Å². The first-order valence-electron chi connectivity index (χ1n) is 10.4. The SMILES string of the molecule is Brc1ccc2c(c1)[nH]c1cc(Br)ccc12.CC.O=[N+]([O-])c1cc(Br)ccc1-c1ccc(Br)cc1. The van der Waals surface area contributed by atoms with E-state index in [4.69, 9.17) is 0 Å². The average Bonchev–Trinajstić information content (AvgIpc) is 3.17. The van der Waals surface area contributed by atoms with Gasteiger partial charge >= 0.3 is 0 Å². The maximum absolute atomic E-state index is 11.0. The van der Waals surface area contributed by atoms with Gasteiger partial charge in [-0.1, -0.05) is 102 Å². The van der Waals surface area contributed by atoms with Crippen molar-refractivity contribution in [3.63, 3.8) is 0 Å². The molecule has 0 fully saturated rings. The van der Waals surface area contributed by atoms with Crippen LogP contribution >= 0.6 is 63.7 Å². The summed E-state index contributed by atoms with van der Waals surface area (Å²) in [4.78, 5) is 14.0. The second-order valence-corrected chi connectivity index (χ2v) is 10.6. The number of H-pyrrole nitrogens is 1. The molecular formula is C26H20Br4N2O2. The quantitative estimate of drug-likeness (QED) is 0.146. The van der Waals surface area contributed by atoms with Gasteiger partial charge in [0.2, 0.25) is 0 Å². The lowest BCUT2D eigenvalue weighted by atomic mass is 10.0. The molecule has 5 aromatic rings. The summed E-state index contributed by atoms with van der Waals surface area (Å²) < 4.78 is 3.84. The molecule has 4 aromatic carbocycles. The van der Waals surface area contributed by atoms with E-state index in [1.807, 2.05) is 38.1 Å². The van der Waals surface area contributed by atoms with E-state index in [0.717, 1.165) is 30.0 Å². The molecule has 0 bridgehead atoms. The van der Waals surface area contributed by atoms with Gasteiger partial charge in [-0.3, -0.25) is 10.1 Å². The van der Waals surface area contributed by atoms with Gasteiger partial charge in [-0.15, -0.1) is 0 Å². The minimum Gasteiger partial charge on any atom is -0.354 e. The highest BCUT2D eigenvalue weighted by Gasteiger charge is 2.15. The fraction of sp³-hybridized carbons (Fsp3) is 0.0769. The van der Waals surface area contributed by atoms with Crippen molar-refractivity contribution in [1.82, 2.24) is 4.98 Å². The normalized spacial score (nSPS) is 10.3. The van der Waals surface area contributed by atoms with Crippen molar-refractivity contribution in [2.24, 2.45) is 0 Å². The molecule has 0 unspecified atom stereocenters. The van der Waals surface area contributed by atoms with Crippen LogP contribution in [0.2, 0.25) is 0 Å². The second kappa shape index (κ2) is 12.1. The zero-order valence-electron chi connectivity index (χ0n) is 18.3. The van der Waals surface area contributed by atoms with Gasteiger partial charge in [0.15, 0.2) is 0 Å². The number of nitro benzene ring substituents is 1. The third kappa shape index (κ3) is 6.36. The Kier molecular flexibility index (Phi) is 9.47. The number of nitrogens with zero attached hydrogens (tertiary/aromatic N) is 1. The van der Waals surface area contributed by atoms with Gasteiger partial charge < -0.3 is 4.98 Å². The Morgan fingerprint density at radius 1 is 0.647 bits per heavy atom. The maximum Gasteiger partial charge on any atom is 0.278 e. The van der Waals surface area contributed by atoms with Gasteiger partial charge in [-0.05, 0) is 54.1 Å². The lowest BCUT2D eigenvalue weighted by Crippen LogP contribution is -1.91. The van der Waals surface area contributed by atoms with E-state index >= 15 is 0 Å². The van der Waals surface area contributed by atoms with Crippen molar-refractivity contribution in [3.05, 3.63) is 107 Å². The number of aromatic nitrogens is 1. The number of hydrogen-bond donors (Lipinski definition) is 1. The molecule has 0 aliphatic heterocycles. The van der Waals surface area contributed by atoms with Gasteiger partial charge in [0.05, 0.1) is 10.5 Å². The van der Waals surface area contributed by atoms with Crippen molar-refractivity contribution >= 4 is 91.2 Å². The third-order valence-corrected chi connectivity index (χ3v) is 6.84. The van der Waals surface area contributed by atoms with E-state index in [9.17, 15) is 10.1 Å². The molecule has 34 heavy (non-hydrogen) atoms. The molecular weight excluding hydrogens is 692 g/mol. The summed E-state index contributed by atoms with van der Waals surface area (Å²) in [6.45, 7) is 4.00. The van der Waals surface area contributed by atoms with E-state index in [-0.39, 0.29) is 10.6 Å². The second-order valence-electron chi connectivity index (χ2n) is 6.93. The summed E-state index contributed by atoms with van der Waals surface area (Å²) in [7, 11) is 0. The summed E-state index contributed by atoms with van der Waals surface area (Å²) in [6.07, 6.45) is 0. The van der Waals surface area contributed by atoms with Gasteiger partial charge in [0, 0.05) is 45.8 Å². The van der Waals surface area contributed by atoms with E-state index in [0.29, 0.717) is 10.0 Å². The average molecular weight is 712 g/mol. The number of rotatable bonds is 2. The fourth-order valence-electron chi connectivity index (χ4n) is 3.38. The number of halogens is 4. The molecule has 0 aliphatic carbocycles. The summed E-state index contributed by atoms with van der Waals surface area (Å²) in [5.41, 5.74) is 3.87. The number of hydrogen-bond acceptors (Lipinski definition) is 2. The lowest BCUT2D eigenvalue weighted by Gasteiger charge is -2.04. The minimum absolute atomic E-state index is 0.0988. The first kappa shape index (κ1) is 26.6. The molecule has 1 N–H and O–H groups in total. The molecule has 0 amide bonds. The highest BCUT2D eigenvalue weighted by Crippen LogP contribution is 2.33. The predicted molar refractivity (Wildman–Crippen MR) is 156 cm³/mol. The van der Waals surface area contributed by atoms with Gasteiger partial charge in [-0.25, -0.2) is 0 Å².